The second-order valence-corrected chi connectivity index (χ2v) is 8.61. The van der Waals surface area contributed by atoms with Crippen molar-refractivity contribution in [2.45, 2.75) is 45.2 Å². The van der Waals surface area contributed by atoms with Gasteiger partial charge in [-0.15, -0.1) is 11.3 Å². The van der Waals surface area contributed by atoms with Gasteiger partial charge in [0, 0.05) is 0 Å². The summed E-state index contributed by atoms with van der Waals surface area (Å²) in [6, 6.07) is 11.4. The van der Waals surface area contributed by atoms with Crippen LogP contribution < -0.4 is 10.9 Å². The molecular formula is C22H22N4O2S. The molecule has 1 aliphatic rings. The van der Waals surface area contributed by atoms with E-state index in [1.54, 1.807) is 18.3 Å². The van der Waals surface area contributed by atoms with Crippen molar-refractivity contribution in [2.24, 2.45) is 0 Å². The van der Waals surface area contributed by atoms with Gasteiger partial charge in [-0.05, 0) is 61.7 Å². The van der Waals surface area contributed by atoms with E-state index in [9.17, 15) is 9.59 Å². The maximum atomic E-state index is 13.1. The van der Waals surface area contributed by atoms with Crippen LogP contribution in [0.15, 0.2) is 46.6 Å². The average molecular weight is 407 g/mol. The van der Waals surface area contributed by atoms with Crippen LogP contribution in [-0.2, 0) is 11.2 Å². The third-order valence-electron chi connectivity index (χ3n) is 5.86. The fourth-order valence-electron chi connectivity index (χ4n) is 4.36. The van der Waals surface area contributed by atoms with Crippen molar-refractivity contribution in [3.63, 3.8) is 0 Å². The molecule has 1 aliphatic carbocycles. The SMILES string of the molecule is Cc1nn(C(C)C(=O)NC2CCCc3ccccc32)c(=O)c2cc3sccc3n12. The van der Waals surface area contributed by atoms with Crippen molar-refractivity contribution < 1.29 is 4.79 Å². The van der Waals surface area contributed by atoms with E-state index in [2.05, 4.69) is 22.5 Å². The first-order valence-corrected chi connectivity index (χ1v) is 10.8. The number of rotatable bonds is 3. The molecule has 0 bridgehead atoms. The summed E-state index contributed by atoms with van der Waals surface area (Å²) in [5.74, 6) is 0.508. The summed E-state index contributed by atoms with van der Waals surface area (Å²) in [7, 11) is 0. The summed E-state index contributed by atoms with van der Waals surface area (Å²) in [5, 5.41) is 9.62. The molecule has 0 saturated heterocycles. The Balaban J connectivity index is 1.48. The second-order valence-electron chi connectivity index (χ2n) is 7.66. The largest absolute Gasteiger partial charge is 0.347 e. The number of carbonyl (C=O) groups excluding carboxylic acids is 1. The zero-order valence-electron chi connectivity index (χ0n) is 16.4. The summed E-state index contributed by atoms with van der Waals surface area (Å²) in [6.45, 7) is 3.60. The van der Waals surface area contributed by atoms with Crippen LogP contribution in [0.1, 0.15) is 48.8 Å². The van der Waals surface area contributed by atoms with Gasteiger partial charge in [-0.3, -0.25) is 14.0 Å². The van der Waals surface area contributed by atoms with Crippen molar-refractivity contribution in [2.75, 3.05) is 0 Å². The van der Waals surface area contributed by atoms with Crippen molar-refractivity contribution >= 4 is 33.0 Å². The Morgan fingerprint density at radius 3 is 2.97 bits per heavy atom. The minimum absolute atomic E-state index is 0.0194. The normalized spacial score (nSPS) is 17.4. The number of hydrogen-bond acceptors (Lipinski definition) is 4. The van der Waals surface area contributed by atoms with E-state index >= 15 is 0 Å². The molecule has 1 aromatic carbocycles. The van der Waals surface area contributed by atoms with Crippen LogP contribution in [0.4, 0.5) is 0 Å². The van der Waals surface area contributed by atoms with Crippen molar-refractivity contribution in [1.29, 1.82) is 0 Å². The molecular weight excluding hydrogens is 384 g/mol. The molecule has 29 heavy (non-hydrogen) atoms. The number of benzene rings is 1. The van der Waals surface area contributed by atoms with E-state index in [1.165, 1.54) is 15.8 Å². The van der Waals surface area contributed by atoms with Crippen LogP contribution in [0.3, 0.4) is 0 Å². The Kier molecular flexibility index (Phi) is 4.28. The quantitative estimate of drug-likeness (QED) is 0.563. The molecule has 0 spiro atoms. The Hall–Kier alpha value is -2.93. The molecule has 6 nitrogen and oxygen atoms in total. The standard InChI is InChI=1S/C22H22N4O2S/c1-13(21(27)23-17-9-5-7-15-6-3-4-8-16(15)17)26-22(28)19-12-20-18(10-11-29-20)25(19)14(2)24-26/h3-4,6,8,10-13,17H,5,7,9H2,1-2H3,(H,23,27). The minimum Gasteiger partial charge on any atom is -0.347 e. The van der Waals surface area contributed by atoms with Gasteiger partial charge >= 0.3 is 0 Å². The molecule has 0 radical (unpaired) electrons. The molecule has 2 unspecified atom stereocenters. The number of aryl methyl sites for hydroxylation is 2. The summed E-state index contributed by atoms with van der Waals surface area (Å²) in [5.41, 5.74) is 3.76. The van der Waals surface area contributed by atoms with Crippen LogP contribution in [-0.4, -0.2) is 20.1 Å². The maximum Gasteiger partial charge on any atom is 0.291 e. The Morgan fingerprint density at radius 1 is 1.28 bits per heavy atom. The number of nitrogens with zero attached hydrogens (tertiary/aromatic N) is 3. The third kappa shape index (κ3) is 2.88. The molecule has 5 rings (SSSR count). The van der Waals surface area contributed by atoms with E-state index in [-0.39, 0.29) is 17.5 Å². The van der Waals surface area contributed by atoms with Gasteiger partial charge in [0.25, 0.3) is 5.56 Å². The summed E-state index contributed by atoms with van der Waals surface area (Å²) in [6.07, 6.45) is 2.99. The molecule has 0 aliphatic heterocycles. The number of hydrogen-bond donors (Lipinski definition) is 1. The number of carbonyl (C=O) groups is 1. The van der Waals surface area contributed by atoms with E-state index in [0.29, 0.717) is 11.3 Å². The highest BCUT2D eigenvalue weighted by atomic mass is 32.1. The lowest BCUT2D eigenvalue weighted by Crippen LogP contribution is -2.40. The first kappa shape index (κ1) is 18.1. The number of nitrogens with one attached hydrogen (secondary N) is 1. The molecule has 3 heterocycles. The van der Waals surface area contributed by atoms with Gasteiger partial charge in [-0.1, -0.05) is 24.3 Å². The van der Waals surface area contributed by atoms with Crippen LogP contribution >= 0.6 is 11.3 Å². The number of aromatic nitrogens is 3. The minimum atomic E-state index is -0.687. The van der Waals surface area contributed by atoms with Crippen LogP contribution in [0.2, 0.25) is 0 Å². The summed E-state index contributed by atoms with van der Waals surface area (Å²) >= 11 is 1.59. The molecule has 1 amide bonds. The Labute approximate surface area is 171 Å². The van der Waals surface area contributed by atoms with Gasteiger partial charge in [0.1, 0.15) is 17.4 Å². The topological polar surface area (TPSA) is 68.4 Å². The lowest BCUT2D eigenvalue weighted by Gasteiger charge is -2.27. The van der Waals surface area contributed by atoms with Gasteiger partial charge in [0.2, 0.25) is 5.91 Å². The van der Waals surface area contributed by atoms with Crippen molar-refractivity contribution in [1.82, 2.24) is 19.5 Å². The third-order valence-corrected chi connectivity index (χ3v) is 6.71. The summed E-state index contributed by atoms with van der Waals surface area (Å²) < 4.78 is 4.23. The van der Waals surface area contributed by atoms with E-state index < -0.39 is 6.04 Å². The van der Waals surface area contributed by atoms with Crippen molar-refractivity contribution in [3.8, 4) is 0 Å². The molecule has 3 aromatic heterocycles. The van der Waals surface area contributed by atoms with E-state index in [1.807, 2.05) is 41.0 Å². The highest BCUT2D eigenvalue weighted by Gasteiger charge is 2.26. The zero-order chi connectivity index (χ0) is 20.1. The number of thiophene rings is 1. The second kappa shape index (κ2) is 6.84. The highest BCUT2D eigenvalue weighted by Crippen LogP contribution is 2.30. The Bertz CT molecular complexity index is 1300. The molecule has 4 aromatic rings. The molecule has 148 valence electrons. The molecule has 0 saturated carbocycles. The first-order chi connectivity index (χ1) is 14.0. The molecule has 1 N–H and O–H groups in total. The monoisotopic (exact) mass is 406 g/mol. The van der Waals surface area contributed by atoms with Gasteiger partial charge < -0.3 is 5.32 Å². The van der Waals surface area contributed by atoms with Crippen LogP contribution in [0, 0.1) is 6.92 Å². The number of amides is 1. The van der Waals surface area contributed by atoms with Gasteiger partial charge in [-0.25, -0.2) is 4.68 Å². The van der Waals surface area contributed by atoms with Crippen LogP contribution in [0.25, 0.3) is 15.7 Å². The Morgan fingerprint density at radius 2 is 2.10 bits per heavy atom. The first-order valence-electron chi connectivity index (χ1n) is 9.91. The number of fused-ring (bicyclic) bond motifs is 4. The average Bonchev–Trinajstić information content (AvgIpc) is 3.32. The van der Waals surface area contributed by atoms with Crippen molar-refractivity contribution in [3.05, 3.63) is 69.1 Å². The van der Waals surface area contributed by atoms with E-state index in [0.717, 1.165) is 29.5 Å². The summed E-state index contributed by atoms with van der Waals surface area (Å²) in [4.78, 5) is 26.1. The van der Waals surface area contributed by atoms with Gasteiger partial charge in [0.05, 0.1) is 16.3 Å². The predicted octanol–water partition coefficient (Wildman–Crippen LogP) is 3.77. The molecule has 7 heteroatoms. The predicted molar refractivity (Wildman–Crippen MR) is 115 cm³/mol. The van der Waals surface area contributed by atoms with Gasteiger partial charge in [-0.2, -0.15) is 5.10 Å². The van der Waals surface area contributed by atoms with Crippen LogP contribution in [0.5, 0.6) is 0 Å². The smallest absolute Gasteiger partial charge is 0.291 e. The van der Waals surface area contributed by atoms with E-state index in [4.69, 9.17) is 0 Å². The highest BCUT2D eigenvalue weighted by molar-refractivity contribution is 7.17. The lowest BCUT2D eigenvalue weighted by atomic mass is 9.87. The fourth-order valence-corrected chi connectivity index (χ4v) is 5.17. The molecule has 2 atom stereocenters. The maximum absolute atomic E-state index is 13.1. The molecule has 0 fully saturated rings. The fraction of sp³-hybridized carbons (Fsp3) is 0.318. The lowest BCUT2D eigenvalue weighted by molar-refractivity contribution is -0.125. The van der Waals surface area contributed by atoms with Gasteiger partial charge in [0.15, 0.2) is 0 Å². The zero-order valence-corrected chi connectivity index (χ0v) is 17.2.